The molecule has 14 heavy (non-hydrogen) atoms. The summed E-state index contributed by atoms with van der Waals surface area (Å²) in [4.78, 5) is 0. The van der Waals surface area contributed by atoms with Gasteiger partial charge in [-0.2, -0.15) is 0 Å². The van der Waals surface area contributed by atoms with Gasteiger partial charge in [-0.05, 0) is 12.1 Å². The van der Waals surface area contributed by atoms with Crippen LogP contribution in [0.15, 0.2) is 24.3 Å². The number of para-hydroxylation sites is 2. The zero-order valence-corrected chi connectivity index (χ0v) is 8.40. The summed E-state index contributed by atoms with van der Waals surface area (Å²) in [5.74, 6) is 0.645. The SMILES string of the molecule is COC(COc1ccccc1N)OC. The van der Waals surface area contributed by atoms with Gasteiger partial charge in [0.25, 0.3) is 0 Å². The van der Waals surface area contributed by atoms with Gasteiger partial charge in [0.05, 0.1) is 5.69 Å². The highest BCUT2D eigenvalue weighted by molar-refractivity contribution is 5.51. The number of rotatable bonds is 5. The van der Waals surface area contributed by atoms with E-state index in [0.29, 0.717) is 18.0 Å². The molecule has 0 radical (unpaired) electrons. The maximum Gasteiger partial charge on any atom is 0.191 e. The summed E-state index contributed by atoms with van der Waals surface area (Å²) in [6.45, 7) is 0.321. The van der Waals surface area contributed by atoms with Crippen molar-refractivity contribution in [3.8, 4) is 5.75 Å². The van der Waals surface area contributed by atoms with E-state index in [1.807, 2.05) is 12.1 Å². The van der Waals surface area contributed by atoms with Crippen LogP contribution in [0.25, 0.3) is 0 Å². The van der Waals surface area contributed by atoms with Crippen molar-refractivity contribution >= 4 is 5.69 Å². The van der Waals surface area contributed by atoms with Crippen LogP contribution in [-0.4, -0.2) is 27.1 Å². The topological polar surface area (TPSA) is 53.7 Å². The Balaban J connectivity index is 2.49. The van der Waals surface area contributed by atoms with E-state index in [1.54, 1.807) is 26.4 Å². The maximum atomic E-state index is 5.68. The second-order valence-electron chi connectivity index (χ2n) is 2.75. The van der Waals surface area contributed by atoms with Crippen LogP contribution < -0.4 is 10.5 Å². The van der Waals surface area contributed by atoms with E-state index in [1.165, 1.54) is 0 Å². The molecule has 0 fully saturated rings. The molecule has 0 spiro atoms. The van der Waals surface area contributed by atoms with Crippen molar-refractivity contribution in [1.29, 1.82) is 0 Å². The largest absolute Gasteiger partial charge is 0.486 e. The second kappa shape index (κ2) is 5.47. The molecule has 0 saturated carbocycles. The second-order valence-corrected chi connectivity index (χ2v) is 2.75. The van der Waals surface area contributed by atoms with Gasteiger partial charge in [-0.15, -0.1) is 0 Å². The van der Waals surface area contributed by atoms with Crippen molar-refractivity contribution in [2.75, 3.05) is 26.6 Å². The average Bonchev–Trinajstić information content (AvgIpc) is 2.22. The fourth-order valence-electron chi connectivity index (χ4n) is 1.00. The lowest BCUT2D eigenvalue weighted by molar-refractivity contribution is -0.121. The number of anilines is 1. The monoisotopic (exact) mass is 197 g/mol. The van der Waals surface area contributed by atoms with Crippen LogP contribution in [0.4, 0.5) is 5.69 Å². The molecule has 0 unspecified atom stereocenters. The van der Waals surface area contributed by atoms with Gasteiger partial charge in [-0.3, -0.25) is 0 Å². The summed E-state index contributed by atoms with van der Waals surface area (Å²) in [5.41, 5.74) is 6.29. The van der Waals surface area contributed by atoms with Crippen molar-refractivity contribution < 1.29 is 14.2 Å². The Morgan fingerprint density at radius 3 is 2.43 bits per heavy atom. The van der Waals surface area contributed by atoms with E-state index in [0.717, 1.165) is 0 Å². The minimum Gasteiger partial charge on any atom is -0.486 e. The number of benzene rings is 1. The Bertz CT molecular complexity index is 274. The van der Waals surface area contributed by atoms with E-state index >= 15 is 0 Å². The number of hydrogen-bond acceptors (Lipinski definition) is 4. The summed E-state index contributed by atoms with van der Waals surface area (Å²) in [6, 6.07) is 7.30. The summed E-state index contributed by atoms with van der Waals surface area (Å²) in [6.07, 6.45) is -0.366. The first-order valence-corrected chi connectivity index (χ1v) is 4.30. The van der Waals surface area contributed by atoms with E-state index in [-0.39, 0.29) is 6.29 Å². The molecule has 1 aromatic carbocycles. The minimum atomic E-state index is -0.366. The van der Waals surface area contributed by atoms with Crippen LogP contribution in [-0.2, 0) is 9.47 Å². The van der Waals surface area contributed by atoms with Gasteiger partial charge in [0.15, 0.2) is 6.29 Å². The molecule has 4 heteroatoms. The average molecular weight is 197 g/mol. The lowest BCUT2D eigenvalue weighted by Crippen LogP contribution is -2.22. The van der Waals surface area contributed by atoms with E-state index in [4.69, 9.17) is 19.9 Å². The standard InChI is InChI=1S/C10H15NO3/c1-12-10(13-2)7-14-9-6-4-3-5-8(9)11/h3-6,10H,7,11H2,1-2H3. The van der Waals surface area contributed by atoms with Crippen LogP contribution in [0.2, 0.25) is 0 Å². The molecule has 78 valence electrons. The molecule has 0 saturated heterocycles. The zero-order chi connectivity index (χ0) is 10.4. The summed E-state index contributed by atoms with van der Waals surface area (Å²) in [5, 5.41) is 0. The van der Waals surface area contributed by atoms with E-state index in [9.17, 15) is 0 Å². The van der Waals surface area contributed by atoms with E-state index < -0.39 is 0 Å². The predicted octanol–water partition coefficient (Wildman–Crippen LogP) is 1.27. The molecule has 0 amide bonds. The van der Waals surface area contributed by atoms with E-state index in [2.05, 4.69) is 0 Å². The first kappa shape index (κ1) is 10.8. The smallest absolute Gasteiger partial charge is 0.191 e. The van der Waals surface area contributed by atoms with Crippen LogP contribution in [0.5, 0.6) is 5.75 Å². The van der Waals surface area contributed by atoms with Crippen molar-refractivity contribution in [3.05, 3.63) is 24.3 Å². The first-order valence-electron chi connectivity index (χ1n) is 4.30. The Labute approximate surface area is 83.6 Å². The molecular weight excluding hydrogens is 182 g/mol. The Morgan fingerprint density at radius 1 is 1.21 bits per heavy atom. The molecule has 4 nitrogen and oxygen atoms in total. The lowest BCUT2D eigenvalue weighted by Gasteiger charge is -2.15. The highest BCUT2D eigenvalue weighted by atomic mass is 16.7. The molecule has 0 aromatic heterocycles. The fourth-order valence-corrected chi connectivity index (χ4v) is 1.00. The third-order valence-corrected chi connectivity index (χ3v) is 1.82. The molecule has 0 bridgehead atoms. The Hall–Kier alpha value is -1.26. The third-order valence-electron chi connectivity index (χ3n) is 1.82. The van der Waals surface area contributed by atoms with Crippen LogP contribution >= 0.6 is 0 Å². The van der Waals surface area contributed by atoms with Gasteiger partial charge in [-0.1, -0.05) is 12.1 Å². The Morgan fingerprint density at radius 2 is 1.86 bits per heavy atom. The highest BCUT2D eigenvalue weighted by Gasteiger charge is 2.06. The maximum absolute atomic E-state index is 5.68. The lowest BCUT2D eigenvalue weighted by atomic mass is 10.3. The van der Waals surface area contributed by atoms with Gasteiger partial charge in [0, 0.05) is 14.2 Å². The molecule has 0 aliphatic heterocycles. The third kappa shape index (κ3) is 2.90. The summed E-state index contributed by atoms with van der Waals surface area (Å²) in [7, 11) is 3.12. The number of nitrogens with two attached hydrogens (primary N) is 1. The molecule has 0 aliphatic carbocycles. The zero-order valence-electron chi connectivity index (χ0n) is 8.40. The van der Waals surface area contributed by atoms with Gasteiger partial charge in [-0.25, -0.2) is 0 Å². The van der Waals surface area contributed by atoms with Gasteiger partial charge >= 0.3 is 0 Å². The van der Waals surface area contributed by atoms with Crippen LogP contribution in [0.3, 0.4) is 0 Å². The molecule has 0 aliphatic rings. The normalized spacial score (nSPS) is 10.5. The molecule has 1 aromatic rings. The number of methoxy groups -OCH3 is 2. The van der Waals surface area contributed by atoms with Gasteiger partial charge in [0.1, 0.15) is 12.4 Å². The summed E-state index contributed by atoms with van der Waals surface area (Å²) >= 11 is 0. The minimum absolute atomic E-state index is 0.321. The predicted molar refractivity (Wildman–Crippen MR) is 54.2 cm³/mol. The number of ether oxygens (including phenoxy) is 3. The molecule has 2 N–H and O–H groups in total. The fraction of sp³-hybridized carbons (Fsp3) is 0.400. The summed E-state index contributed by atoms with van der Waals surface area (Å²) < 4.78 is 15.4. The quantitative estimate of drug-likeness (QED) is 0.570. The Kier molecular flexibility index (Phi) is 4.22. The number of hydrogen-bond donors (Lipinski definition) is 1. The van der Waals surface area contributed by atoms with Crippen LogP contribution in [0.1, 0.15) is 0 Å². The molecular formula is C10H15NO3. The highest BCUT2D eigenvalue weighted by Crippen LogP contribution is 2.19. The van der Waals surface area contributed by atoms with Crippen LogP contribution in [0, 0.1) is 0 Å². The van der Waals surface area contributed by atoms with Gasteiger partial charge in [0.2, 0.25) is 0 Å². The number of nitrogen functional groups attached to an aromatic ring is 1. The van der Waals surface area contributed by atoms with Crippen molar-refractivity contribution in [3.63, 3.8) is 0 Å². The first-order chi connectivity index (χ1) is 6.77. The molecule has 0 atom stereocenters. The van der Waals surface area contributed by atoms with Crippen molar-refractivity contribution in [2.45, 2.75) is 6.29 Å². The van der Waals surface area contributed by atoms with Crippen molar-refractivity contribution in [2.24, 2.45) is 0 Å². The van der Waals surface area contributed by atoms with Crippen molar-refractivity contribution in [1.82, 2.24) is 0 Å². The molecule has 1 rings (SSSR count). The van der Waals surface area contributed by atoms with Gasteiger partial charge < -0.3 is 19.9 Å². The molecule has 0 heterocycles.